The molecular weight excluding hydrogens is 445 g/mol. The fraction of sp³-hybridized carbons (Fsp3) is 0.333. The molecule has 1 heterocycles. The van der Waals surface area contributed by atoms with Crippen molar-refractivity contribution in [3.8, 4) is 0 Å². The van der Waals surface area contributed by atoms with Crippen molar-refractivity contribution in [3.63, 3.8) is 0 Å². The number of benzene rings is 2. The topological polar surface area (TPSA) is 138 Å². The van der Waals surface area contributed by atoms with Gasteiger partial charge in [-0.05, 0) is 12.1 Å². The van der Waals surface area contributed by atoms with Gasteiger partial charge in [-0.1, -0.05) is 51.1 Å². The number of hydrogen-bond acceptors (Lipinski definition) is 5. The standard InChI is InChI=1S/C24H26FN3O6/c1-24(2,3)21(22(32)27-17(11-19(30)31)18(29)12-25)34-23(33)28-16-10-6-8-14-13-7-4-5-9-15(13)26-20(14)16/h4-10,17,21,26H,11-12H2,1-3H3,(H,27,32)(H,28,33)(H,30,31)/t17-,21+/m0/s1. The molecule has 0 spiro atoms. The lowest BCUT2D eigenvalue weighted by atomic mass is 9.88. The van der Waals surface area contributed by atoms with Gasteiger partial charge in [0.1, 0.15) is 12.7 Å². The summed E-state index contributed by atoms with van der Waals surface area (Å²) in [5.41, 5.74) is 1.07. The molecule has 0 radical (unpaired) electrons. The lowest BCUT2D eigenvalue weighted by Crippen LogP contribution is -2.52. The van der Waals surface area contributed by atoms with E-state index in [2.05, 4.69) is 15.6 Å². The first-order chi connectivity index (χ1) is 16.0. The molecule has 3 aromatic rings. The van der Waals surface area contributed by atoms with E-state index in [0.717, 1.165) is 16.3 Å². The number of fused-ring (bicyclic) bond motifs is 3. The Hall–Kier alpha value is -3.95. The molecule has 2 aromatic carbocycles. The van der Waals surface area contributed by atoms with E-state index in [0.29, 0.717) is 11.2 Å². The van der Waals surface area contributed by atoms with Gasteiger partial charge < -0.3 is 20.1 Å². The summed E-state index contributed by atoms with van der Waals surface area (Å²) in [6, 6.07) is 11.4. The number of ketones is 1. The first-order valence-electron chi connectivity index (χ1n) is 10.6. The monoisotopic (exact) mass is 471 g/mol. The van der Waals surface area contributed by atoms with Gasteiger partial charge in [0, 0.05) is 21.7 Å². The Labute approximate surface area is 194 Å². The molecule has 9 nitrogen and oxygen atoms in total. The fourth-order valence-electron chi connectivity index (χ4n) is 3.61. The highest BCUT2D eigenvalue weighted by Gasteiger charge is 2.37. The van der Waals surface area contributed by atoms with E-state index in [1.807, 2.05) is 30.3 Å². The number of para-hydroxylation sites is 2. The molecule has 1 aromatic heterocycles. The van der Waals surface area contributed by atoms with Gasteiger partial charge in [-0.2, -0.15) is 0 Å². The van der Waals surface area contributed by atoms with Crippen molar-refractivity contribution in [3.05, 3.63) is 42.5 Å². The molecule has 2 atom stereocenters. The number of carboxylic acids is 1. The molecule has 0 aliphatic heterocycles. The van der Waals surface area contributed by atoms with Crippen LogP contribution in [-0.4, -0.2) is 52.7 Å². The van der Waals surface area contributed by atoms with Crippen LogP contribution in [0.3, 0.4) is 0 Å². The third-order valence-electron chi connectivity index (χ3n) is 5.24. The zero-order chi connectivity index (χ0) is 25.0. The number of ether oxygens (including phenoxy) is 1. The SMILES string of the molecule is CC(C)(C)[C@H](OC(=O)Nc1cccc2c1[nH]c1ccccc12)C(=O)N[C@@H](CC(=O)O)C(=O)CF. The van der Waals surface area contributed by atoms with E-state index in [9.17, 15) is 23.6 Å². The molecule has 4 N–H and O–H groups in total. The van der Waals surface area contributed by atoms with Crippen LogP contribution in [0.2, 0.25) is 0 Å². The molecule has 34 heavy (non-hydrogen) atoms. The van der Waals surface area contributed by atoms with Crippen molar-refractivity contribution in [1.29, 1.82) is 0 Å². The number of carbonyl (C=O) groups excluding carboxylic acids is 3. The van der Waals surface area contributed by atoms with E-state index in [1.54, 1.807) is 32.9 Å². The number of carboxylic acid groups (broad SMARTS) is 1. The number of anilines is 1. The molecule has 10 heteroatoms. The lowest BCUT2D eigenvalue weighted by Gasteiger charge is -2.30. The molecule has 180 valence electrons. The Morgan fingerprint density at radius 2 is 1.74 bits per heavy atom. The zero-order valence-corrected chi connectivity index (χ0v) is 19.0. The number of aliphatic carboxylic acids is 1. The molecular formula is C24H26FN3O6. The van der Waals surface area contributed by atoms with Crippen LogP contribution in [0.1, 0.15) is 27.2 Å². The van der Waals surface area contributed by atoms with Crippen LogP contribution < -0.4 is 10.6 Å². The molecule has 3 rings (SSSR count). The fourth-order valence-corrected chi connectivity index (χ4v) is 3.61. The Kier molecular flexibility index (Phi) is 7.19. The maximum atomic E-state index is 12.8. The number of aromatic amines is 1. The van der Waals surface area contributed by atoms with Gasteiger partial charge in [0.15, 0.2) is 11.9 Å². The van der Waals surface area contributed by atoms with Gasteiger partial charge in [0.05, 0.1) is 17.6 Å². The normalized spacial score (nSPS) is 13.3. The van der Waals surface area contributed by atoms with E-state index in [1.165, 1.54) is 0 Å². The van der Waals surface area contributed by atoms with Crippen molar-refractivity contribution in [2.75, 3.05) is 12.0 Å². The number of rotatable bonds is 8. The first kappa shape index (κ1) is 24.7. The summed E-state index contributed by atoms with van der Waals surface area (Å²) < 4.78 is 18.2. The highest BCUT2D eigenvalue weighted by molar-refractivity contribution is 6.12. The van der Waals surface area contributed by atoms with Gasteiger partial charge >= 0.3 is 12.1 Å². The molecule has 0 bridgehead atoms. The predicted molar refractivity (Wildman–Crippen MR) is 124 cm³/mol. The van der Waals surface area contributed by atoms with Crippen molar-refractivity contribution >= 4 is 51.2 Å². The second-order valence-electron chi connectivity index (χ2n) is 8.93. The van der Waals surface area contributed by atoms with Crippen LogP contribution in [0.25, 0.3) is 21.8 Å². The summed E-state index contributed by atoms with van der Waals surface area (Å²) in [6.45, 7) is 3.46. The third-order valence-corrected chi connectivity index (χ3v) is 5.24. The largest absolute Gasteiger partial charge is 0.481 e. The number of amides is 2. The van der Waals surface area contributed by atoms with Gasteiger partial charge in [-0.15, -0.1) is 0 Å². The second-order valence-corrected chi connectivity index (χ2v) is 8.93. The van der Waals surface area contributed by atoms with Gasteiger partial charge in [-0.3, -0.25) is 19.7 Å². The number of H-pyrrole nitrogens is 1. The quantitative estimate of drug-likeness (QED) is 0.395. The highest BCUT2D eigenvalue weighted by Crippen LogP contribution is 2.30. The summed E-state index contributed by atoms with van der Waals surface area (Å²) in [5.74, 6) is -3.37. The van der Waals surface area contributed by atoms with E-state index >= 15 is 0 Å². The van der Waals surface area contributed by atoms with Gasteiger partial charge in [0.25, 0.3) is 5.91 Å². The average Bonchev–Trinajstić information content (AvgIpc) is 3.15. The maximum Gasteiger partial charge on any atom is 0.412 e. The zero-order valence-electron chi connectivity index (χ0n) is 19.0. The van der Waals surface area contributed by atoms with Gasteiger partial charge in [-0.25, -0.2) is 9.18 Å². The average molecular weight is 471 g/mol. The van der Waals surface area contributed by atoms with Crippen molar-refractivity contribution in [1.82, 2.24) is 10.3 Å². The van der Waals surface area contributed by atoms with Crippen molar-refractivity contribution < 1.29 is 33.4 Å². The molecule has 0 unspecified atom stereocenters. The number of aromatic nitrogens is 1. The van der Waals surface area contributed by atoms with E-state index in [4.69, 9.17) is 9.84 Å². The smallest absolute Gasteiger partial charge is 0.412 e. The van der Waals surface area contributed by atoms with Crippen molar-refractivity contribution in [2.45, 2.75) is 39.3 Å². The molecule has 0 saturated heterocycles. The summed E-state index contributed by atoms with van der Waals surface area (Å²) in [5, 5.41) is 15.7. The summed E-state index contributed by atoms with van der Waals surface area (Å²) in [7, 11) is 0. The lowest BCUT2D eigenvalue weighted by molar-refractivity contribution is -0.142. The minimum absolute atomic E-state index is 0.433. The molecule has 0 aliphatic rings. The number of carbonyl (C=O) groups is 4. The third kappa shape index (κ3) is 5.51. The second kappa shape index (κ2) is 9.90. The number of hydrogen-bond donors (Lipinski definition) is 4. The number of alkyl halides is 1. The number of halogens is 1. The van der Waals surface area contributed by atoms with E-state index < -0.39 is 54.4 Å². The minimum Gasteiger partial charge on any atom is -0.481 e. The Balaban J connectivity index is 1.80. The van der Waals surface area contributed by atoms with Crippen LogP contribution in [0, 0.1) is 5.41 Å². The molecule has 0 fully saturated rings. The highest BCUT2D eigenvalue weighted by atomic mass is 19.1. The Morgan fingerprint density at radius 3 is 2.38 bits per heavy atom. The van der Waals surface area contributed by atoms with Crippen LogP contribution in [0.4, 0.5) is 14.9 Å². The first-order valence-corrected chi connectivity index (χ1v) is 10.6. The summed E-state index contributed by atoms with van der Waals surface area (Å²) in [4.78, 5) is 51.6. The van der Waals surface area contributed by atoms with Gasteiger partial charge in [0.2, 0.25) is 0 Å². The van der Waals surface area contributed by atoms with Crippen LogP contribution in [0.5, 0.6) is 0 Å². The number of nitrogens with one attached hydrogen (secondary N) is 3. The Morgan fingerprint density at radius 1 is 1.06 bits per heavy atom. The maximum absolute atomic E-state index is 12.8. The predicted octanol–water partition coefficient (Wildman–Crippen LogP) is 3.78. The molecule has 0 aliphatic carbocycles. The van der Waals surface area contributed by atoms with Crippen molar-refractivity contribution in [2.24, 2.45) is 5.41 Å². The summed E-state index contributed by atoms with van der Waals surface area (Å²) in [6.07, 6.45) is -3.11. The minimum atomic E-state index is -1.58. The van der Waals surface area contributed by atoms with Crippen LogP contribution in [0.15, 0.2) is 42.5 Å². The molecule has 0 saturated carbocycles. The van der Waals surface area contributed by atoms with Crippen LogP contribution >= 0.6 is 0 Å². The molecule has 2 amide bonds. The Bertz CT molecular complexity index is 1250. The van der Waals surface area contributed by atoms with E-state index in [-0.39, 0.29) is 0 Å². The number of Topliss-reactive ketones (excluding diaryl/α,β-unsaturated/α-hetero) is 1. The summed E-state index contributed by atoms with van der Waals surface area (Å²) >= 11 is 0. The van der Waals surface area contributed by atoms with Crippen LogP contribution in [-0.2, 0) is 19.1 Å².